The summed E-state index contributed by atoms with van der Waals surface area (Å²) in [6.07, 6.45) is 0. The molecular weight excluding hydrogens is 341 g/mol. The van der Waals surface area contributed by atoms with Gasteiger partial charge in [-0.2, -0.15) is 0 Å². The standard InChI is InChI=1S/C20H15ClFNO2/c21-16-9-10-19(18(22)12-16)23-20(24)15-7-4-8-17(11-15)25-13-14-5-2-1-3-6-14/h1-12H,13H2,(H,23,24). The molecule has 3 rings (SSSR count). The van der Waals surface area contributed by atoms with Gasteiger partial charge in [-0.25, -0.2) is 4.39 Å². The van der Waals surface area contributed by atoms with Gasteiger partial charge in [0.2, 0.25) is 0 Å². The lowest BCUT2D eigenvalue weighted by Crippen LogP contribution is -2.13. The summed E-state index contributed by atoms with van der Waals surface area (Å²) in [5.41, 5.74) is 1.48. The number of rotatable bonds is 5. The molecule has 25 heavy (non-hydrogen) atoms. The molecule has 3 nitrogen and oxygen atoms in total. The monoisotopic (exact) mass is 355 g/mol. The first-order chi connectivity index (χ1) is 12.1. The molecule has 0 bridgehead atoms. The van der Waals surface area contributed by atoms with Crippen LogP contribution in [-0.2, 0) is 6.61 Å². The van der Waals surface area contributed by atoms with Crippen LogP contribution in [0.15, 0.2) is 72.8 Å². The molecular formula is C20H15ClFNO2. The molecule has 1 N–H and O–H groups in total. The maximum atomic E-state index is 13.8. The molecule has 0 aliphatic rings. The van der Waals surface area contributed by atoms with Crippen LogP contribution < -0.4 is 10.1 Å². The maximum absolute atomic E-state index is 13.8. The van der Waals surface area contributed by atoms with Crippen LogP contribution in [0, 0.1) is 5.82 Å². The van der Waals surface area contributed by atoms with E-state index < -0.39 is 11.7 Å². The number of anilines is 1. The van der Waals surface area contributed by atoms with E-state index in [1.165, 1.54) is 12.1 Å². The fourth-order valence-electron chi connectivity index (χ4n) is 2.25. The molecule has 0 saturated carbocycles. The highest BCUT2D eigenvalue weighted by molar-refractivity contribution is 6.30. The second-order valence-corrected chi connectivity index (χ2v) is 5.82. The largest absolute Gasteiger partial charge is 0.489 e. The lowest BCUT2D eigenvalue weighted by molar-refractivity contribution is 0.102. The van der Waals surface area contributed by atoms with Crippen molar-refractivity contribution < 1.29 is 13.9 Å². The van der Waals surface area contributed by atoms with Crippen LogP contribution in [0.3, 0.4) is 0 Å². The lowest BCUT2D eigenvalue weighted by atomic mass is 10.2. The number of halogens is 2. The van der Waals surface area contributed by atoms with E-state index in [-0.39, 0.29) is 10.7 Å². The molecule has 0 aromatic heterocycles. The minimum absolute atomic E-state index is 0.0741. The van der Waals surface area contributed by atoms with Crippen LogP contribution in [0.5, 0.6) is 5.75 Å². The predicted octanol–water partition coefficient (Wildman–Crippen LogP) is 5.31. The van der Waals surface area contributed by atoms with Crippen molar-refractivity contribution in [3.05, 3.63) is 94.8 Å². The zero-order chi connectivity index (χ0) is 17.6. The lowest BCUT2D eigenvalue weighted by Gasteiger charge is -2.09. The van der Waals surface area contributed by atoms with E-state index >= 15 is 0 Å². The molecule has 0 fully saturated rings. The van der Waals surface area contributed by atoms with Gasteiger partial charge in [0, 0.05) is 10.6 Å². The SMILES string of the molecule is O=C(Nc1ccc(Cl)cc1F)c1cccc(OCc2ccccc2)c1. The summed E-state index contributed by atoms with van der Waals surface area (Å²) in [6.45, 7) is 0.401. The molecule has 0 aliphatic carbocycles. The van der Waals surface area contributed by atoms with Gasteiger partial charge in [-0.3, -0.25) is 4.79 Å². The van der Waals surface area contributed by atoms with Gasteiger partial charge in [0.1, 0.15) is 18.2 Å². The second-order valence-electron chi connectivity index (χ2n) is 5.38. The summed E-state index contributed by atoms with van der Waals surface area (Å²) in [5, 5.41) is 2.80. The smallest absolute Gasteiger partial charge is 0.255 e. The van der Waals surface area contributed by atoms with Crippen LogP contribution in [0.25, 0.3) is 0 Å². The van der Waals surface area contributed by atoms with Crippen molar-refractivity contribution >= 4 is 23.2 Å². The molecule has 1 amide bonds. The quantitative estimate of drug-likeness (QED) is 0.673. The second kappa shape index (κ2) is 7.81. The number of nitrogens with one attached hydrogen (secondary N) is 1. The number of ether oxygens (including phenoxy) is 1. The number of hydrogen-bond acceptors (Lipinski definition) is 2. The zero-order valence-corrected chi connectivity index (χ0v) is 14.0. The Morgan fingerprint density at radius 1 is 1.00 bits per heavy atom. The molecule has 5 heteroatoms. The molecule has 126 valence electrons. The van der Waals surface area contributed by atoms with E-state index in [9.17, 15) is 9.18 Å². The van der Waals surface area contributed by atoms with Crippen molar-refractivity contribution in [2.75, 3.05) is 5.32 Å². The molecule has 0 heterocycles. The summed E-state index contributed by atoms with van der Waals surface area (Å²) < 4.78 is 19.5. The summed E-state index contributed by atoms with van der Waals surface area (Å²) in [6, 6.07) is 20.5. The zero-order valence-electron chi connectivity index (χ0n) is 13.2. The van der Waals surface area contributed by atoms with E-state index in [4.69, 9.17) is 16.3 Å². The average molecular weight is 356 g/mol. The third-order valence-electron chi connectivity index (χ3n) is 3.52. The highest BCUT2D eigenvalue weighted by atomic mass is 35.5. The van der Waals surface area contributed by atoms with Crippen molar-refractivity contribution in [1.29, 1.82) is 0 Å². The van der Waals surface area contributed by atoms with Crippen LogP contribution in [0.4, 0.5) is 10.1 Å². The number of amides is 1. The molecule has 0 atom stereocenters. The molecule has 3 aromatic carbocycles. The van der Waals surface area contributed by atoms with Gasteiger partial charge >= 0.3 is 0 Å². The summed E-state index contributed by atoms with van der Waals surface area (Å²) in [4.78, 5) is 12.3. The highest BCUT2D eigenvalue weighted by Gasteiger charge is 2.10. The Morgan fingerprint density at radius 3 is 2.56 bits per heavy atom. The number of hydrogen-bond donors (Lipinski definition) is 1. The molecule has 0 aliphatic heterocycles. The fourth-order valence-corrected chi connectivity index (χ4v) is 2.41. The minimum atomic E-state index is -0.586. The fraction of sp³-hybridized carbons (Fsp3) is 0.0500. The third-order valence-corrected chi connectivity index (χ3v) is 3.76. The van der Waals surface area contributed by atoms with Gasteiger partial charge in [-0.1, -0.05) is 48.0 Å². The number of carbonyl (C=O) groups excluding carboxylic acids is 1. The van der Waals surface area contributed by atoms with Crippen LogP contribution in [0.2, 0.25) is 5.02 Å². The number of benzene rings is 3. The first-order valence-corrected chi connectivity index (χ1v) is 8.03. The van der Waals surface area contributed by atoms with Gasteiger partial charge in [-0.05, 0) is 42.0 Å². The average Bonchev–Trinajstić information content (AvgIpc) is 2.63. The summed E-state index contributed by atoms with van der Waals surface area (Å²) in [7, 11) is 0. The first-order valence-electron chi connectivity index (χ1n) is 7.65. The van der Waals surface area contributed by atoms with Gasteiger partial charge < -0.3 is 10.1 Å². The number of carbonyl (C=O) groups is 1. The van der Waals surface area contributed by atoms with Crippen LogP contribution in [0.1, 0.15) is 15.9 Å². The topological polar surface area (TPSA) is 38.3 Å². The Balaban J connectivity index is 1.69. The van der Waals surface area contributed by atoms with E-state index in [2.05, 4.69) is 5.32 Å². The Bertz CT molecular complexity index is 884. The Hall–Kier alpha value is -2.85. The molecule has 0 saturated heterocycles. The van der Waals surface area contributed by atoms with E-state index in [1.807, 2.05) is 30.3 Å². The van der Waals surface area contributed by atoms with Gasteiger partial charge in [-0.15, -0.1) is 0 Å². The highest BCUT2D eigenvalue weighted by Crippen LogP contribution is 2.21. The van der Waals surface area contributed by atoms with Gasteiger partial charge in [0.15, 0.2) is 0 Å². The third kappa shape index (κ3) is 4.58. The molecule has 3 aromatic rings. The van der Waals surface area contributed by atoms with E-state index in [0.29, 0.717) is 17.9 Å². The summed E-state index contributed by atoms with van der Waals surface area (Å²) in [5.74, 6) is -0.447. The molecule has 0 radical (unpaired) electrons. The minimum Gasteiger partial charge on any atom is -0.489 e. The first kappa shape index (κ1) is 17.0. The Morgan fingerprint density at radius 2 is 1.80 bits per heavy atom. The van der Waals surface area contributed by atoms with Crippen molar-refractivity contribution in [2.45, 2.75) is 6.61 Å². The molecule has 0 unspecified atom stereocenters. The van der Waals surface area contributed by atoms with E-state index in [1.54, 1.807) is 24.3 Å². The van der Waals surface area contributed by atoms with Crippen molar-refractivity contribution in [3.63, 3.8) is 0 Å². The van der Waals surface area contributed by atoms with Gasteiger partial charge in [0.25, 0.3) is 5.91 Å². The van der Waals surface area contributed by atoms with Crippen molar-refractivity contribution in [1.82, 2.24) is 0 Å². The predicted molar refractivity (Wildman–Crippen MR) is 96.6 cm³/mol. The normalized spacial score (nSPS) is 10.3. The van der Waals surface area contributed by atoms with Gasteiger partial charge in [0.05, 0.1) is 5.69 Å². The van der Waals surface area contributed by atoms with Crippen molar-refractivity contribution in [2.24, 2.45) is 0 Å². The van der Waals surface area contributed by atoms with Crippen LogP contribution in [-0.4, -0.2) is 5.91 Å². The maximum Gasteiger partial charge on any atom is 0.255 e. The van der Waals surface area contributed by atoms with E-state index in [0.717, 1.165) is 11.6 Å². The Labute approximate surface area is 150 Å². The molecule has 0 spiro atoms. The summed E-state index contributed by atoms with van der Waals surface area (Å²) >= 11 is 5.71. The Kier molecular flexibility index (Phi) is 5.31. The van der Waals surface area contributed by atoms with Crippen LogP contribution >= 0.6 is 11.6 Å². The van der Waals surface area contributed by atoms with Crippen molar-refractivity contribution in [3.8, 4) is 5.75 Å².